The third-order valence-corrected chi connectivity index (χ3v) is 4.75. The molecule has 0 aliphatic carbocycles. The van der Waals surface area contributed by atoms with E-state index in [1.165, 1.54) is 4.90 Å². The lowest BCUT2D eigenvalue weighted by atomic mass is 10.1. The number of phenols is 1. The molecule has 1 aromatic rings. The Morgan fingerprint density at radius 1 is 1.26 bits per heavy atom. The van der Waals surface area contributed by atoms with Crippen molar-refractivity contribution in [3.05, 3.63) is 29.6 Å². The fraction of sp³-hybridized carbons (Fsp3) is 0.417. The smallest absolute Gasteiger partial charge is 0.257 e. The van der Waals surface area contributed by atoms with Crippen molar-refractivity contribution in [2.45, 2.75) is 6.42 Å². The Bertz CT molecular complexity index is 600. The summed E-state index contributed by atoms with van der Waals surface area (Å²) in [6.07, 6.45) is 0.351. The highest BCUT2D eigenvalue weighted by Crippen LogP contribution is 2.20. The summed E-state index contributed by atoms with van der Waals surface area (Å²) < 4.78 is 36.0. The molecule has 0 atom stereocenters. The summed E-state index contributed by atoms with van der Waals surface area (Å²) in [5.41, 5.74) is -0.140. The van der Waals surface area contributed by atoms with Crippen molar-refractivity contribution in [3.8, 4) is 5.75 Å². The van der Waals surface area contributed by atoms with Crippen LogP contribution in [0.3, 0.4) is 0 Å². The number of sulfone groups is 1. The van der Waals surface area contributed by atoms with Crippen LogP contribution >= 0.6 is 0 Å². The molecule has 0 aromatic heterocycles. The van der Waals surface area contributed by atoms with Gasteiger partial charge in [-0.25, -0.2) is 12.8 Å². The molecule has 0 unspecified atom stereocenters. The van der Waals surface area contributed by atoms with Crippen LogP contribution in [0.4, 0.5) is 4.39 Å². The number of carbonyl (C=O) groups excluding carboxylic acids is 1. The minimum absolute atomic E-state index is 0.0475. The summed E-state index contributed by atoms with van der Waals surface area (Å²) >= 11 is 0. The van der Waals surface area contributed by atoms with Gasteiger partial charge in [-0.15, -0.1) is 0 Å². The second-order valence-electron chi connectivity index (χ2n) is 4.46. The lowest BCUT2D eigenvalue weighted by Crippen LogP contribution is -2.33. The highest BCUT2D eigenvalue weighted by Gasteiger charge is 2.25. The minimum Gasteiger partial charge on any atom is -0.507 e. The van der Waals surface area contributed by atoms with Crippen LogP contribution in [0.25, 0.3) is 0 Å². The average Bonchev–Trinajstić information content (AvgIpc) is 2.52. The maximum Gasteiger partial charge on any atom is 0.257 e. The molecule has 1 N–H and O–H groups in total. The first kappa shape index (κ1) is 13.8. The zero-order valence-corrected chi connectivity index (χ0v) is 11.0. The molecule has 0 spiro atoms. The molecule has 7 heteroatoms. The lowest BCUT2D eigenvalue weighted by molar-refractivity contribution is 0.0765. The van der Waals surface area contributed by atoms with Gasteiger partial charge in [-0.1, -0.05) is 0 Å². The van der Waals surface area contributed by atoms with Crippen molar-refractivity contribution in [3.63, 3.8) is 0 Å². The zero-order valence-electron chi connectivity index (χ0n) is 10.2. The van der Waals surface area contributed by atoms with Crippen molar-refractivity contribution in [1.29, 1.82) is 0 Å². The van der Waals surface area contributed by atoms with E-state index >= 15 is 0 Å². The van der Waals surface area contributed by atoms with Gasteiger partial charge in [-0.3, -0.25) is 4.79 Å². The minimum atomic E-state index is -3.12. The standard InChI is InChI=1S/C12H14FNO4S/c13-9-2-3-11(15)10(8-9)12(16)14-4-1-6-19(17,18)7-5-14/h2-3,8,15H,1,4-7H2. The Balaban J connectivity index is 2.22. The van der Waals surface area contributed by atoms with E-state index < -0.39 is 21.6 Å². The largest absolute Gasteiger partial charge is 0.507 e. The summed E-state index contributed by atoms with van der Waals surface area (Å²) in [5.74, 6) is -1.53. The van der Waals surface area contributed by atoms with Crippen LogP contribution in [0.15, 0.2) is 18.2 Å². The number of amides is 1. The molecular weight excluding hydrogens is 273 g/mol. The number of phenolic OH excluding ortho intramolecular Hbond substituents is 1. The molecule has 0 bridgehead atoms. The van der Waals surface area contributed by atoms with Gasteiger partial charge in [0, 0.05) is 13.1 Å². The number of aromatic hydroxyl groups is 1. The maximum absolute atomic E-state index is 13.1. The molecule has 1 amide bonds. The van der Waals surface area contributed by atoms with Gasteiger partial charge < -0.3 is 10.0 Å². The Labute approximate surface area is 110 Å². The lowest BCUT2D eigenvalue weighted by Gasteiger charge is -2.20. The first-order valence-electron chi connectivity index (χ1n) is 5.87. The summed E-state index contributed by atoms with van der Waals surface area (Å²) in [4.78, 5) is 13.5. The van der Waals surface area contributed by atoms with E-state index in [9.17, 15) is 22.7 Å². The number of hydrogen-bond acceptors (Lipinski definition) is 4. The summed E-state index contributed by atoms with van der Waals surface area (Å²) in [7, 11) is -3.12. The van der Waals surface area contributed by atoms with Crippen LogP contribution in [-0.4, -0.2) is 48.9 Å². The van der Waals surface area contributed by atoms with Crippen molar-refractivity contribution >= 4 is 15.7 Å². The number of carbonyl (C=O) groups is 1. The molecule has 1 heterocycles. The first-order valence-corrected chi connectivity index (χ1v) is 7.69. The Morgan fingerprint density at radius 2 is 2.00 bits per heavy atom. The molecular formula is C12H14FNO4S. The molecule has 0 radical (unpaired) electrons. The number of benzene rings is 1. The highest BCUT2D eigenvalue weighted by molar-refractivity contribution is 7.91. The fourth-order valence-corrected chi connectivity index (χ4v) is 3.26. The third-order valence-electron chi connectivity index (χ3n) is 3.03. The van der Waals surface area contributed by atoms with Crippen LogP contribution in [0.5, 0.6) is 5.75 Å². The third kappa shape index (κ3) is 3.23. The quantitative estimate of drug-likeness (QED) is 0.828. The van der Waals surface area contributed by atoms with Crippen LogP contribution in [-0.2, 0) is 9.84 Å². The molecule has 5 nitrogen and oxygen atoms in total. The van der Waals surface area contributed by atoms with Gasteiger partial charge in [-0.05, 0) is 24.6 Å². The number of rotatable bonds is 1. The first-order chi connectivity index (χ1) is 8.89. The van der Waals surface area contributed by atoms with E-state index in [-0.39, 0.29) is 35.9 Å². The topological polar surface area (TPSA) is 74.7 Å². The predicted octanol–water partition coefficient (Wildman–Crippen LogP) is 0.792. The van der Waals surface area contributed by atoms with Crippen LogP contribution in [0.1, 0.15) is 16.8 Å². The van der Waals surface area contributed by atoms with Crippen LogP contribution in [0.2, 0.25) is 0 Å². The highest BCUT2D eigenvalue weighted by atomic mass is 32.2. The van der Waals surface area contributed by atoms with Crippen molar-refractivity contribution < 1.29 is 22.7 Å². The summed E-state index contributed by atoms with van der Waals surface area (Å²) in [6, 6.07) is 3.12. The van der Waals surface area contributed by atoms with Crippen LogP contribution < -0.4 is 0 Å². The molecule has 19 heavy (non-hydrogen) atoms. The fourth-order valence-electron chi connectivity index (χ4n) is 1.99. The van der Waals surface area contributed by atoms with Gasteiger partial charge >= 0.3 is 0 Å². The monoisotopic (exact) mass is 287 g/mol. The van der Waals surface area contributed by atoms with Crippen LogP contribution in [0, 0.1) is 5.82 Å². The van der Waals surface area contributed by atoms with E-state index in [0.29, 0.717) is 6.42 Å². The second-order valence-corrected chi connectivity index (χ2v) is 6.76. The Hall–Kier alpha value is -1.63. The molecule has 1 aromatic carbocycles. The Morgan fingerprint density at radius 3 is 2.74 bits per heavy atom. The SMILES string of the molecule is O=C(c1cc(F)ccc1O)N1CCCS(=O)(=O)CC1. The summed E-state index contributed by atoms with van der Waals surface area (Å²) in [5, 5.41) is 9.58. The molecule has 1 aliphatic rings. The average molecular weight is 287 g/mol. The van der Waals surface area contributed by atoms with E-state index in [2.05, 4.69) is 0 Å². The zero-order chi connectivity index (χ0) is 14.0. The molecule has 1 fully saturated rings. The van der Waals surface area contributed by atoms with Gasteiger partial charge in [0.05, 0.1) is 17.1 Å². The van der Waals surface area contributed by atoms with E-state index in [1.54, 1.807) is 0 Å². The molecule has 2 rings (SSSR count). The molecule has 1 aliphatic heterocycles. The van der Waals surface area contributed by atoms with E-state index in [0.717, 1.165) is 18.2 Å². The van der Waals surface area contributed by atoms with E-state index in [1.807, 2.05) is 0 Å². The Kier molecular flexibility index (Phi) is 3.75. The van der Waals surface area contributed by atoms with Gasteiger partial charge in [0.25, 0.3) is 5.91 Å². The van der Waals surface area contributed by atoms with Crippen molar-refractivity contribution in [2.24, 2.45) is 0 Å². The van der Waals surface area contributed by atoms with Crippen molar-refractivity contribution in [1.82, 2.24) is 4.90 Å². The maximum atomic E-state index is 13.1. The molecule has 0 saturated carbocycles. The van der Waals surface area contributed by atoms with E-state index in [4.69, 9.17) is 0 Å². The predicted molar refractivity (Wildman–Crippen MR) is 67.2 cm³/mol. The van der Waals surface area contributed by atoms with Gasteiger partial charge in [-0.2, -0.15) is 0 Å². The van der Waals surface area contributed by atoms with Gasteiger partial charge in [0.1, 0.15) is 11.6 Å². The number of hydrogen-bond donors (Lipinski definition) is 1. The van der Waals surface area contributed by atoms with Crippen molar-refractivity contribution in [2.75, 3.05) is 24.6 Å². The second kappa shape index (κ2) is 5.16. The molecule has 104 valence electrons. The number of halogens is 1. The summed E-state index contributed by atoms with van der Waals surface area (Å²) in [6.45, 7) is 0.352. The van der Waals surface area contributed by atoms with Gasteiger partial charge in [0.2, 0.25) is 0 Å². The normalized spacial score (nSPS) is 18.9. The molecule has 1 saturated heterocycles. The number of nitrogens with zero attached hydrogens (tertiary/aromatic N) is 1. The van der Waals surface area contributed by atoms with Gasteiger partial charge in [0.15, 0.2) is 9.84 Å².